The van der Waals surface area contributed by atoms with Crippen molar-refractivity contribution in [2.24, 2.45) is 0 Å². The third-order valence-corrected chi connectivity index (χ3v) is 5.87. The smallest absolute Gasteiger partial charge is 0.328 e. The van der Waals surface area contributed by atoms with E-state index in [1.54, 1.807) is 29.2 Å². The molecule has 0 aliphatic carbocycles. The molecular formula is C24H36ClNO3. The van der Waals surface area contributed by atoms with Crippen molar-refractivity contribution in [3.05, 3.63) is 34.9 Å². The second-order valence-corrected chi connectivity index (χ2v) is 8.45. The van der Waals surface area contributed by atoms with E-state index in [1.165, 1.54) is 51.4 Å². The Morgan fingerprint density at radius 2 is 1.55 bits per heavy atom. The van der Waals surface area contributed by atoms with Crippen LogP contribution in [0.1, 0.15) is 94.3 Å². The number of hydrogen-bond donors (Lipinski definition) is 0. The summed E-state index contributed by atoms with van der Waals surface area (Å²) in [5, 5.41) is 0.593. The fraction of sp³-hybridized carbons (Fsp3) is 0.667. The van der Waals surface area contributed by atoms with Gasteiger partial charge in [0.15, 0.2) is 0 Å². The van der Waals surface area contributed by atoms with Gasteiger partial charge < -0.3 is 9.64 Å². The Morgan fingerprint density at radius 1 is 0.966 bits per heavy atom. The largest absolute Gasteiger partial charge is 0.464 e. The SMILES string of the molecule is CCCCCCCCCCCCOC(=O)C1CCCN1C(=O)c1ccc(Cl)cc1. The summed E-state index contributed by atoms with van der Waals surface area (Å²) in [6, 6.07) is 6.35. The lowest BCUT2D eigenvalue weighted by atomic mass is 10.1. The summed E-state index contributed by atoms with van der Waals surface area (Å²) in [5.41, 5.74) is 0.559. The maximum atomic E-state index is 12.7. The molecule has 0 bridgehead atoms. The van der Waals surface area contributed by atoms with Gasteiger partial charge in [0.1, 0.15) is 6.04 Å². The van der Waals surface area contributed by atoms with Crippen molar-refractivity contribution < 1.29 is 14.3 Å². The highest BCUT2D eigenvalue weighted by Gasteiger charge is 2.35. The first-order chi connectivity index (χ1) is 14.1. The van der Waals surface area contributed by atoms with Crippen LogP contribution in [-0.2, 0) is 9.53 Å². The molecule has 0 aromatic heterocycles. The fourth-order valence-corrected chi connectivity index (χ4v) is 4.00. The van der Waals surface area contributed by atoms with Crippen LogP contribution in [0.15, 0.2) is 24.3 Å². The Bertz CT molecular complexity index is 617. The van der Waals surface area contributed by atoms with Crippen LogP contribution in [0.2, 0.25) is 5.02 Å². The van der Waals surface area contributed by atoms with Gasteiger partial charge >= 0.3 is 5.97 Å². The molecule has 2 rings (SSSR count). The predicted octanol–water partition coefficient (Wildman–Crippen LogP) is 6.41. The molecule has 1 aromatic carbocycles. The summed E-state index contributed by atoms with van der Waals surface area (Å²) in [6.07, 6.45) is 14.0. The van der Waals surface area contributed by atoms with Crippen molar-refractivity contribution in [1.29, 1.82) is 0 Å². The topological polar surface area (TPSA) is 46.6 Å². The molecule has 0 N–H and O–H groups in total. The number of unbranched alkanes of at least 4 members (excludes halogenated alkanes) is 9. The lowest BCUT2D eigenvalue weighted by Gasteiger charge is -2.23. The third-order valence-electron chi connectivity index (χ3n) is 5.62. The minimum atomic E-state index is -0.457. The minimum absolute atomic E-state index is 0.125. The first-order valence-corrected chi connectivity index (χ1v) is 11.7. The van der Waals surface area contributed by atoms with Gasteiger partial charge in [-0.15, -0.1) is 0 Å². The van der Waals surface area contributed by atoms with Gasteiger partial charge in [-0.3, -0.25) is 4.79 Å². The molecule has 162 valence electrons. The van der Waals surface area contributed by atoms with Crippen molar-refractivity contribution in [2.45, 2.75) is 90.0 Å². The Balaban J connectivity index is 1.60. The van der Waals surface area contributed by atoms with Crippen molar-refractivity contribution >= 4 is 23.5 Å². The molecule has 4 nitrogen and oxygen atoms in total. The zero-order chi connectivity index (χ0) is 20.9. The molecule has 1 heterocycles. The number of rotatable bonds is 13. The fourth-order valence-electron chi connectivity index (χ4n) is 3.87. The third kappa shape index (κ3) is 8.38. The summed E-state index contributed by atoms with van der Waals surface area (Å²) in [4.78, 5) is 26.8. The molecule has 1 unspecified atom stereocenters. The van der Waals surface area contributed by atoms with E-state index in [-0.39, 0.29) is 11.9 Å². The number of hydrogen-bond acceptors (Lipinski definition) is 3. The van der Waals surface area contributed by atoms with E-state index in [0.717, 1.165) is 19.3 Å². The minimum Gasteiger partial charge on any atom is -0.464 e. The molecule has 5 heteroatoms. The summed E-state index contributed by atoms with van der Waals surface area (Å²) >= 11 is 5.89. The Labute approximate surface area is 180 Å². The predicted molar refractivity (Wildman–Crippen MR) is 118 cm³/mol. The van der Waals surface area contributed by atoms with Gasteiger partial charge in [-0.1, -0.05) is 76.3 Å². The van der Waals surface area contributed by atoms with Gasteiger partial charge in [0, 0.05) is 17.1 Å². The van der Waals surface area contributed by atoms with Crippen molar-refractivity contribution in [3.63, 3.8) is 0 Å². The highest BCUT2D eigenvalue weighted by Crippen LogP contribution is 2.22. The molecule has 0 radical (unpaired) electrons. The first-order valence-electron chi connectivity index (χ1n) is 11.4. The number of benzene rings is 1. The average molecular weight is 422 g/mol. The lowest BCUT2D eigenvalue weighted by molar-refractivity contribution is -0.148. The maximum Gasteiger partial charge on any atom is 0.328 e. The Morgan fingerprint density at radius 3 is 2.17 bits per heavy atom. The quantitative estimate of drug-likeness (QED) is 0.273. The normalized spacial score (nSPS) is 16.2. The van der Waals surface area contributed by atoms with Gasteiger partial charge in [-0.2, -0.15) is 0 Å². The first kappa shape index (κ1) is 23.7. The molecule has 1 aliphatic heterocycles. The molecule has 1 aliphatic rings. The summed E-state index contributed by atoms with van der Waals surface area (Å²) < 4.78 is 5.48. The highest BCUT2D eigenvalue weighted by molar-refractivity contribution is 6.30. The van der Waals surface area contributed by atoms with E-state index >= 15 is 0 Å². The monoisotopic (exact) mass is 421 g/mol. The van der Waals surface area contributed by atoms with Crippen molar-refractivity contribution in [2.75, 3.05) is 13.2 Å². The van der Waals surface area contributed by atoms with Crippen LogP contribution in [0.5, 0.6) is 0 Å². The van der Waals surface area contributed by atoms with E-state index < -0.39 is 6.04 Å². The zero-order valence-electron chi connectivity index (χ0n) is 17.8. The Kier molecular flexibility index (Phi) is 11.2. The van der Waals surface area contributed by atoms with Crippen molar-refractivity contribution in [3.8, 4) is 0 Å². The molecule has 1 aromatic rings. The standard InChI is InChI=1S/C24H36ClNO3/c1-2-3-4-5-6-7-8-9-10-11-19-29-24(28)22-13-12-18-26(22)23(27)20-14-16-21(25)17-15-20/h14-17,22H,2-13,18-19H2,1H3. The van der Waals surface area contributed by atoms with Crippen LogP contribution in [0.3, 0.4) is 0 Å². The molecule has 1 fully saturated rings. The second kappa shape index (κ2) is 13.6. The van der Waals surface area contributed by atoms with E-state index in [4.69, 9.17) is 16.3 Å². The number of likely N-dealkylation sites (tertiary alicyclic amines) is 1. The van der Waals surface area contributed by atoms with Crippen LogP contribution in [0.4, 0.5) is 0 Å². The summed E-state index contributed by atoms with van der Waals surface area (Å²) in [5.74, 6) is -0.388. The number of amides is 1. The van der Waals surface area contributed by atoms with Gasteiger partial charge in [-0.05, 0) is 43.5 Å². The van der Waals surface area contributed by atoms with Gasteiger partial charge in [0.05, 0.1) is 6.61 Å². The van der Waals surface area contributed by atoms with E-state index in [1.807, 2.05) is 0 Å². The summed E-state index contributed by atoms with van der Waals surface area (Å²) in [7, 11) is 0. The van der Waals surface area contributed by atoms with E-state index in [2.05, 4.69) is 6.92 Å². The van der Waals surface area contributed by atoms with Gasteiger partial charge in [-0.25, -0.2) is 4.79 Å². The number of carbonyl (C=O) groups excluding carboxylic acids is 2. The molecule has 1 saturated heterocycles. The van der Waals surface area contributed by atoms with E-state index in [0.29, 0.717) is 30.2 Å². The average Bonchev–Trinajstić information content (AvgIpc) is 3.22. The number of carbonyl (C=O) groups is 2. The van der Waals surface area contributed by atoms with Crippen LogP contribution in [0.25, 0.3) is 0 Å². The second-order valence-electron chi connectivity index (χ2n) is 8.01. The van der Waals surface area contributed by atoms with Crippen molar-refractivity contribution in [1.82, 2.24) is 4.90 Å². The zero-order valence-corrected chi connectivity index (χ0v) is 18.6. The van der Waals surface area contributed by atoms with E-state index in [9.17, 15) is 9.59 Å². The number of ether oxygens (including phenoxy) is 1. The van der Waals surface area contributed by atoms with Crippen LogP contribution in [0, 0.1) is 0 Å². The Hall–Kier alpha value is -1.55. The molecule has 29 heavy (non-hydrogen) atoms. The molecular weight excluding hydrogens is 386 g/mol. The number of halogens is 1. The van der Waals surface area contributed by atoms with Crippen LogP contribution >= 0.6 is 11.6 Å². The molecule has 0 spiro atoms. The summed E-state index contributed by atoms with van der Waals surface area (Å²) in [6.45, 7) is 3.29. The van der Waals surface area contributed by atoms with Gasteiger partial charge in [0.2, 0.25) is 0 Å². The number of esters is 1. The maximum absolute atomic E-state index is 12.7. The molecule has 1 amide bonds. The van der Waals surface area contributed by atoms with Crippen LogP contribution in [-0.4, -0.2) is 36.0 Å². The van der Waals surface area contributed by atoms with Crippen LogP contribution < -0.4 is 0 Å². The molecule has 0 saturated carbocycles. The highest BCUT2D eigenvalue weighted by atomic mass is 35.5. The number of nitrogens with zero attached hydrogens (tertiary/aromatic N) is 1. The van der Waals surface area contributed by atoms with Gasteiger partial charge in [0.25, 0.3) is 5.91 Å². The molecule has 1 atom stereocenters. The lowest BCUT2D eigenvalue weighted by Crippen LogP contribution is -2.41.